The summed E-state index contributed by atoms with van der Waals surface area (Å²) in [7, 11) is 0. The number of hydrogen-bond acceptors (Lipinski definition) is 3. The Balaban J connectivity index is 2.78. The van der Waals surface area contributed by atoms with Gasteiger partial charge < -0.3 is 10.1 Å². The number of nitrogens with one attached hydrogen (secondary N) is 1. The van der Waals surface area contributed by atoms with E-state index in [-0.39, 0.29) is 5.78 Å². The standard InChI is InChI=1S/C15H19Br2NO3/c1-15(2,3)21-14(20)18-11(12(19)13(16)17)9-10-7-5-4-6-8-10/h4-8,11,13H,9H2,1-3H3,(H,18,20)/t11-/m1/s1. The number of carbonyl (C=O) groups excluding carboxylic acids is 2. The first-order valence-electron chi connectivity index (χ1n) is 6.54. The largest absolute Gasteiger partial charge is 0.444 e. The summed E-state index contributed by atoms with van der Waals surface area (Å²) >= 11 is 6.36. The predicted molar refractivity (Wildman–Crippen MR) is 90.0 cm³/mol. The van der Waals surface area contributed by atoms with Crippen LogP contribution in [0.2, 0.25) is 0 Å². The zero-order valence-electron chi connectivity index (χ0n) is 12.2. The van der Waals surface area contributed by atoms with Crippen LogP contribution in [0.15, 0.2) is 30.3 Å². The van der Waals surface area contributed by atoms with Crippen LogP contribution >= 0.6 is 31.9 Å². The van der Waals surface area contributed by atoms with Crippen LogP contribution in [0.4, 0.5) is 4.79 Å². The fourth-order valence-corrected chi connectivity index (χ4v) is 2.31. The highest BCUT2D eigenvalue weighted by Gasteiger charge is 2.27. The van der Waals surface area contributed by atoms with Gasteiger partial charge in [-0.25, -0.2) is 4.79 Å². The van der Waals surface area contributed by atoms with E-state index in [0.29, 0.717) is 6.42 Å². The normalized spacial score (nSPS) is 12.9. The lowest BCUT2D eigenvalue weighted by Gasteiger charge is -2.23. The van der Waals surface area contributed by atoms with Crippen LogP contribution in [0.5, 0.6) is 0 Å². The van der Waals surface area contributed by atoms with Crippen molar-refractivity contribution in [3.63, 3.8) is 0 Å². The van der Waals surface area contributed by atoms with Crippen LogP contribution < -0.4 is 5.32 Å². The van der Waals surface area contributed by atoms with Crippen LogP contribution in [0.3, 0.4) is 0 Å². The van der Waals surface area contributed by atoms with Gasteiger partial charge in [-0.3, -0.25) is 4.79 Å². The number of benzene rings is 1. The summed E-state index contributed by atoms with van der Waals surface area (Å²) in [4.78, 5) is 24.1. The molecule has 0 unspecified atom stereocenters. The molecule has 1 aromatic rings. The molecular formula is C15H19Br2NO3. The Morgan fingerprint density at radius 2 is 1.76 bits per heavy atom. The Kier molecular flexibility index (Phi) is 6.87. The van der Waals surface area contributed by atoms with E-state index in [0.717, 1.165) is 5.56 Å². The fourth-order valence-electron chi connectivity index (χ4n) is 1.67. The number of ketones is 1. The van der Waals surface area contributed by atoms with E-state index in [4.69, 9.17) is 4.74 Å². The van der Waals surface area contributed by atoms with E-state index in [2.05, 4.69) is 37.2 Å². The zero-order valence-corrected chi connectivity index (χ0v) is 15.4. The molecule has 0 aromatic heterocycles. The molecule has 6 heteroatoms. The third-order valence-electron chi connectivity index (χ3n) is 2.53. The molecular weight excluding hydrogens is 402 g/mol. The number of rotatable bonds is 5. The van der Waals surface area contributed by atoms with Crippen molar-refractivity contribution in [2.45, 2.75) is 42.6 Å². The van der Waals surface area contributed by atoms with Crippen LogP contribution in [0.25, 0.3) is 0 Å². The molecule has 0 heterocycles. The Morgan fingerprint density at radius 1 is 1.19 bits per heavy atom. The molecule has 0 aliphatic rings. The predicted octanol–water partition coefficient (Wildman–Crippen LogP) is 3.81. The summed E-state index contributed by atoms with van der Waals surface area (Å²) in [6.07, 6.45) is -0.190. The third-order valence-corrected chi connectivity index (χ3v) is 3.43. The minimum atomic E-state index is -0.661. The second-order valence-electron chi connectivity index (χ2n) is 5.59. The first kappa shape index (κ1) is 18.2. The van der Waals surface area contributed by atoms with Crippen molar-refractivity contribution in [1.82, 2.24) is 5.32 Å². The van der Waals surface area contributed by atoms with Crippen molar-refractivity contribution in [3.05, 3.63) is 35.9 Å². The summed E-state index contributed by atoms with van der Waals surface area (Å²) in [5.41, 5.74) is 0.361. The number of alkyl carbamates (subject to hydrolysis) is 1. The van der Waals surface area contributed by atoms with Crippen LogP contribution in [0, 0.1) is 0 Å². The molecule has 1 rings (SSSR count). The minimum absolute atomic E-state index is 0.162. The molecule has 0 saturated heterocycles. The topological polar surface area (TPSA) is 55.4 Å². The smallest absolute Gasteiger partial charge is 0.408 e. The molecule has 0 aliphatic heterocycles. The lowest BCUT2D eigenvalue weighted by molar-refractivity contribution is -0.119. The average molecular weight is 421 g/mol. The molecule has 1 amide bonds. The number of halogens is 2. The van der Waals surface area contributed by atoms with E-state index < -0.39 is 21.5 Å². The lowest BCUT2D eigenvalue weighted by Crippen LogP contribution is -2.46. The Hall–Kier alpha value is -0.880. The maximum Gasteiger partial charge on any atom is 0.408 e. The number of hydrogen-bond donors (Lipinski definition) is 1. The Morgan fingerprint density at radius 3 is 2.24 bits per heavy atom. The lowest BCUT2D eigenvalue weighted by atomic mass is 10.0. The second kappa shape index (κ2) is 7.94. The Bertz CT molecular complexity index is 483. The maximum atomic E-state index is 12.2. The van der Waals surface area contributed by atoms with Gasteiger partial charge in [0.1, 0.15) is 9.34 Å². The molecule has 0 aliphatic carbocycles. The van der Waals surface area contributed by atoms with Crippen molar-refractivity contribution in [1.29, 1.82) is 0 Å². The van der Waals surface area contributed by atoms with Crippen LogP contribution in [0.1, 0.15) is 26.3 Å². The van der Waals surface area contributed by atoms with Gasteiger partial charge in [0.25, 0.3) is 0 Å². The molecule has 1 N–H and O–H groups in total. The van der Waals surface area contributed by atoms with E-state index in [1.54, 1.807) is 20.8 Å². The Labute approximate surface area is 141 Å². The van der Waals surface area contributed by atoms with Gasteiger partial charge in [0.15, 0.2) is 5.78 Å². The number of ether oxygens (including phenoxy) is 1. The second-order valence-corrected chi connectivity index (χ2v) is 8.65. The van der Waals surface area contributed by atoms with E-state index >= 15 is 0 Å². The summed E-state index contributed by atoms with van der Waals surface area (Å²) in [5, 5.41) is 2.63. The molecule has 1 atom stereocenters. The van der Waals surface area contributed by atoms with Crippen LogP contribution in [-0.2, 0) is 16.0 Å². The molecule has 4 nitrogen and oxygen atoms in total. The molecule has 0 spiro atoms. The fraction of sp³-hybridized carbons (Fsp3) is 0.467. The van der Waals surface area contributed by atoms with Gasteiger partial charge in [0, 0.05) is 0 Å². The number of Topliss-reactive ketones (excluding diaryl/α,β-unsaturated/α-hetero) is 1. The van der Waals surface area contributed by atoms with Crippen molar-refractivity contribution < 1.29 is 14.3 Å². The minimum Gasteiger partial charge on any atom is -0.444 e. The van der Waals surface area contributed by atoms with Gasteiger partial charge in [-0.05, 0) is 32.8 Å². The molecule has 1 aromatic carbocycles. The SMILES string of the molecule is CC(C)(C)OC(=O)N[C@H](Cc1ccccc1)C(=O)C(Br)Br. The first-order chi connectivity index (χ1) is 9.69. The van der Waals surface area contributed by atoms with Gasteiger partial charge in [0.2, 0.25) is 0 Å². The third kappa shape index (κ3) is 7.09. The van der Waals surface area contributed by atoms with Crippen molar-refractivity contribution >= 4 is 43.7 Å². The van der Waals surface area contributed by atoms with E-state index in [9.17, 15) is 9.59 Å². The summed E-state index contributed by atoms with van der Waals surface area (Å²) < 4.78 is 4.68. The molecule has 116 valence electrons. The van der Waals surface area contributed by atoms with Gasteiger partial charge in [-0.1, -0.05) is 62.2 Å². The van der Waals surface area contributed by atoms with Crippen molar-refractivity contribution in [3.8, 4) is 0 Å². The van der Waals surface area contributed by atoms with E-state index in [1.807, 2.05) is 30.3 Å². The molecule has 0 saturated carbocycles. The molecule has 21 heavy (non-hydrogen) atoms. The monoisotopic (exact) mass is 419 g/mol. The first-order valence-corrected chi connectivity index (χ1v) is 8.37. The van der Waals surface area contributed by atoms with E-state index in [1.165, 1.54) is 0 Å². The summed E-state index contributed by atoms with van der Waals surface area (Å²) in [6.45, 7) is 5.33. The maximum absolute atomic E-state index is 12.2. The molecule has 0 radical (unpaired) electrons. The van der Waals surface area contributed by atoms with Crippen molar-refractivity contribution in [2.24, 2.45) is 0 Å². The van der Waals surface area contributed by atoms with Crippen LogP contribution in [-0.4, -0.2) is 27.3 Å². The molecule has 0 fully saturated rings. The zero-order chi connectivity index (χ0) is 16.0. The van der Waals surface area contributed by atoms with Gasteiger partial charge in [-0.15, -0.1) is 0 Å². The highest BCUT2D eigenvalue weighted by Crippen LogP contribution is 2.15. The highest BCUT2D eigenvalue weighted by molar-refractivity contribution is 9.25. The number of alkyl halides is 2. The van der Waals surface area contributed by atoms with Gasteiger partial charge in [-0.2, -0.15) is 0 Å². The summed E-state index contributed by atoms with van der Waals surface area (Å²) in [6, 6.07) is 8.85. The number of amides is 1. The highest BCUT2D eigenvalue weighted by atomic mass is 79.9. The quantitative estimate of drug-likeness (QED) is 0.737. The van der Waals surface area contributed by atoms with Gasteiger partial charge in [0.05, 0.1) is 6.04 Å². The summed E-state index contributed by atoms with van der Waals surface area (Å²) in [5.74, 6) is -0.162. The number of carbonyl (C=O) groups is 2. The molecule has 0 bridgehead atoms. The average Bonchev–Trinajstić information content (AvgIpc) is 2.36. The van der Waals surface area contributed by atoms with Gasteiger partial charge >= 0.3 is 6.09 Å². The van der Waals surface area contributed by atoms with Crippen molar-refractivity contribution in [2.75, 3.05) is 0 Å².